The molecule has 0 radical (unpaired) electrons. The third-order valence-corrected chi connectivity index (χ3v) is 6.36. The molecule has 2 aromatic heterocycles. The van der Waals surface area contributed by atoms with Crippen molar-refractivity contribution in [3.8, 4) is 11.3 Å². The van der Waals surface area contributed by atoms with Gasteiger partial charge in [-0.1, -0.05) is 18.2 Å². The van der Waals surface area contributed by atoms with E-state index < -0.39 is 10.0 Å². The van der Waals surface area contributed by atoms with Crippen molar-refractivity contribution in [3.05, 3.63) is 52.2 Å². The monoisotopic (exact) mass is 336 g/mol. The van der Waals surface area contributed by atoms with Crippen LogP contribution in [0.5, 0.6) is 0 Å². The minimum Gasteiger partial charge on any atom is -0.279 e. The number of hydrogen-bond acceptors (Lipinski definition) is 5. The first-order chi connectivity index (χ1) is 10.0. The average Bonchev–Trinajstić information content (AvgIpc) is 3.10. The number of thiazole rings is 1. The minimum atomic E-state index is -3.49. The molecule has 3 aromatic rings. The fraction of sp³-hybridized carbons (Fsp3) is 0.0714. The van der Waals surface area contributed by atoms with Crippen LogP contribution in [0.25, 0.3) is 11.3 Å². The predicted molar refractivity (Wildman–Crippen MR) is 87.4 cm³/mol. The Kier molecular flexibility index (Phi) is 3.79. The second-order valence-corrected chi connectivity index (χ2v) is 8.29. The molecule has 0 bridgehead atoms. The van der Waals surface area contributed by atoms with E-state index in [0.29, 0.717) is 9.90 Å². The van der Waals surface area contributed by atoms with E-state index in [2.05, 4.69) is 9.71 Å². The summed E-state index contributed by atoms with van der Waals surface area (Å²) in [5.74, 6) is 0. The molecule has 2 heterocycles. The Bertz CT molecular complexity index is 835. The lowest BCUT2D eigenvalue weighted by atomic mass is 10.1. The normalized spacial score (nSPS) is 11.5. The Morgan fingerprint density at radius 3 is 2.43 bits per heavy atom. The van der Waals surface area contributed by atoms with Crippen molar-refractivity contribution < 1.29 is 8.42 Å². The molecule has 0 aliphatic heterocycles. The van der Waals surface area contributed by atoms with E-state index in [-0.39, 0.29) is 0 Å². The van der Waals surface area contributed by atoms with Crippen LogP contribution in [0, 0.1) is 6.92 Å². The van der Waals surface area contributed by atoms with Crippen molar-refractivity contribution in [2.75, 3.05) is 4.72 Å². The fourth-order valence-corrected chi connectivity index (χ4v) is 4.50. The van der Waals surface area contributed by atoms with Gasteiger partial charge in [0.2, 0.25) is 0 Å². The largest absolute Gasteiger partial charge is 0.279 e. The Balaban J connectivity index is 1.82. The first-order valence-electron chi connectivity index (χ1n) is 6.13. The molecular formula is C14H12N2O2S3. The quantitative estimate of drug-likeness (QED) is 0.784. The lowest BCUT2D eigenvalue weighted by molar-refractivity contribution is 0.603. The molecular weight excluding hydrogens is 324 g/mol. The zero-order valence-electron chi connectivity index (χ0n) is 11.1. The van der Waals surface area contributed by atoms with E-state index in [4.69, 9.17) is 0 Å². The highest BCUT2D eigenvalue weighted by Crippen LogP contribution is 2.25. The predicted octanol–water partition coefficient (Wildman–Crippen LogP) is 3.98. The van der Waals surface area contributed by atoms with Crippen LogP contribution in [0.3, 0.4) is 0 Å². The standard InChI is InChI=1S/C14H12N2O2S3/c1-10-15-13(9-20-10)11-4-6-12(7-5-11)16-21(17,18)14-3-2-8-19-14/h2-9,16H,1H3. The molecule has 7 heteroatoms. The zero-order valence-corrected chi connectivity index (χ0v) is 13.6. The summed E-state index contributed by atoms with van der Waals surface area (Å²) in [7, 11) is -3.49. The van der Waals surface area contributed by atoms with Crippen LogP contribution >= 0.6 is 22.7 Å². The maximum Gasteiger partial charge on any atom is 0.271 e. The minimum absolute atomic E-state index is 0.307. The number of rotatable bonds is 4. The van der Waals surface area contributed by atoms with Crippen LogP contribution in [0.15, 0.2) is 51.4 Å². The molecule has 4 nitrogen and oxygen atoms in total. The van der Waals surface area contributed by atoms with E-state index in [0.717, 1.165) is 16.3 Å². The van der Waals surface area contributed by atoms with Gasteiger partial charge in [0.15, 0.2) is 0 Å². The van der Waals surface area contributed by atoms with Gasteiger partial charge in [-0.25, -0.2) is 13.4 Å². The number of benzene rings is 1. The van der Waals surface area contributed by atoms with Gasteiger partial charge in [-0.15, -0.1) is 22.7 Å². The highest BCUT2D eigenvalue weighted by atomic mass is 32.2. The molecule has 1 aromatic carbocycles. The number of nitrogens with one attached hydrogen (secondary N) is 1. The number of thiophene rings is 1. The molecule has 0 saturated carbocycles. The molecule has 0 aliphatic carbocycles. The molecule has 0 saturated heterocycles. The molecule has 108 valence electrons. The summed E-state index contributed by atoms with van der Waals surface area (Å²) in [6, 6.07) is 10.5. The number of aryl methyl sites for hydroxylation is 1. The van der Waals surface area contributed by atoms with E-state index in [1.807, 2.05) is 24.4 Å². The van der Waals surface area contributed by atoms with Gasteiger partial charge in [-0.05, 0) is 30.5 Å². The first kappa shape index (κ1) is 14.2. The summed E-state index contributed by atoms with van der Waals surface area (Å²) >= 11 is 2.78. The molecule has 0 atom stereocenters. The van der Waals surface area contributed by atoms with Gasteiger partial charge >= 0.3 is 0 Å². The smallest absolute Gasteiger partial charge is 0.271 e. The number of anilines is 1. The summed E-state index contributed by atoms with van der Waals surface area (Å²) < 4.78 is 27.1. The lowest BCUT2D eigenvalue weighted by Gasteiger charge is -2.06. The van der Waals surface area contributed by atoms with Gasteiger partial charge in [-0.3, -0.25) is 4.72 Å². The molecule has 0 fully saturated rings. The van der Waals surface area contributed by atoms with Crippen molar-refractivity contribution in [1.82, 2.24) is 4.98 Å². The summed E-state index contributed by atoms with van der Waals surface area (Å²) in [6.45, 7) is 1.96. The Labute approximate surface area is 131 Å². The molecule has 3 rings (SSSR count). The van der Waals surface area contributed by atoms with Crippen LogP contribution in [0.4, 0.5) is 5.69 Å². The highest BCUT2D eigenvalue weighted by molar-refractivity contribution is 7.94. The molecule has 0 aliphatic rings. The van der Waals surface area contributed by atoms with Crippen molar-refractivity contribution in [1.29, 1.82) is 0 Å². The van der Waals surface area contributed by atoms with Gasteiger partial charge in [0, 0.05) is 16.6 Å². The van der Waals surface area contributed by atoms with Gasteiger partial charge in [0.05, 0.1) is 10.7 Å². The Hall–Kier alpha value is -1.70. The molecule has 0 unspecified atom stereocenters. The number of hydrogen-bond donors (Lipinski definition) is 1. The molecule has 21 heavy (non-hydrogen) atoms. The average molecular weight is 336 g/mol. The van der Waals surface area contributed by atoms with Crippen LogP contribution in [-0.2, 0) is 10.0 Å². The number of sulfonamides is 1. The maximum atomic E-state index is 12.1. The van der Waals surface area contributed by atoms with Crippen molar-refractivity contribution in [2.45, 2.75) is 11.1 Å². The van der Waals surface area contributed by atoms with Crippen molar-refractivity contribution in [3.63, 3.8) is 0 Å². The van der Waals surface area contributed by atoms with E-state index in [1.54, 1.807) is 41.0 Å². The van der Waals surface area contributed by atoms with Crippen LogP contribution in [0.2, 0.25) is 0 Å². The maximum absolute atomic E-state index is 12.1. The second kappa shape index (κ2) is 5.59. The number of aromatic nitrogens is 1. The third-order valence-electron chi connectivity index (χ3n) is 2.81. The molecule has 0 amide bonds. The van der Waals surface area contributed by atoms with Crippen LogP contribution < -0.4 is 4.72 Å². The van der Waals surface area contributed by atoms with Crippen LogP contribution in [-0.4, -0.2) is 13.4 Å². The summed E-state index contributed by atoms with van der Waals surface area (Å²) in [5, 5.41) is 4.73. The van der Waals surface area contributed by atoms with Gasteiger partial charge in [-0.2, -0.15) is 0 Å². The van der Waals surface area contributed by atoms with E-state index in [1.165, 1.54) is 11.3 Å². The summed E-state index contributed by atoms with van der Waals surface area (Å²) in [6.07, 6.45) is 0. The van der Waals surface area contributed by atoms with Gasteiger partial charge in [0.1, 0.15) is 4.21 Å². The summed E-state index contributed by atoms with van der Waals surface area (Å²) in [5.41, 5.74) is 2.42. The van der Waals surface area contributed by atoms with Crippen molar-refractivity contribution >= 4 is 38.4 Å². The van der Waals surface area contributed by atoms with Crippen LogP contribution in [0.1, 0.15) is 5.01 Å². The highest BCUT2D eigenvalue weighted by Gasteiger charge is 2.15. The van der Waals surface area contributed by atoms with Gasteiger partial charge < -0.3 is 0 Å². The SMILES string of the molecule is Cc1nc(-c2ccc(NS(=O)(=O)c3cccs3)cc2)cs1. The topological polar surface area (TPSA) is 59.1 Å². The molecule has 1 N–H and O–H groups in total. The van der Waals surface area contributed by atoms with E-state index >= 15 is 0 Å². The number of nitrogens with zero attached hydrogens (tertiary/aromatic N) is 1. The fourth-order valence-electron chi connectivity index (χ4n) is 1.83. The Morgan fingerprint density at radius 1 is 1.10 bits per heavy atom. The van der Waals surface area contributed by atoms with E-state index in [9.17, 15) is 8.42 Å². The second-order valence-electron chi connectivity index (χ2n) is 4.37. The van der Waals surface area contributed by atoms with Crippen molar-refractivity contribution in [2.24, 2.45) is 0 Å². The first-order valence-corrected chi connectivity index (χ1v) is 9.38. The zero-order chi connectivity index (χ0) is 14.9. The summed E-state index contributed by atoms with van der Waals surface area (Å²) in [4.78, 5) is 4.41. The lowest BCUT2D eigenvalue weighted by Crippen LogP contribution is -2.11. The van der Waals surface area contributed by atoms with Gasteiger partial charge in [0.25, 0.3) is 10.0 Å². The Morgan fingerprint density at radius 2 is 1.86 bits per heavy atom. The third kappa shape index (κ3) is 3.15. The molecule has 0 spiro atoms.